The van der Waals surface area contributed by atoms with Gasteiger partial charge < -0.3 is 4.90 Å². The van der Waals surface area contributed by atoms with Crippen molar-refractivity contribution in [2.75, 3.05) is 13.1 Å². The highest BCUT2D eigenvalue weighted by atomic mass is 35.5. The normalized spacial score (nSPS) is 18.2. The van der Waals surface area contributed by atoms with Crippen LogP contribution < -0.4 is 0 Å². The lowest BCUT2D eigenvalue weighted by Gasteiger charge is -2.15. The molecule has 1 fully saturated rings. The van der Waals surface area contributed by atoms with E-state index in [9.17, 15) is 4.79 Å². The molecule has 102 valence electrons. The van der Waals surface area contributed by atoms with E-state index in [2.05, 4.69) is 11.2 Å². The van der Waals surface area contributed by atoms with E-state index in [-0.39, 0.29) is 11.9 Å². The number of rotatable bonds is 2. The van der Waals surface area contributed by atoms with Gasteiger partial charge in [-0.05, 0) is 18.6 Å². The Balaban J connectivity index is 1.70. The number of aromatic nitrogens is 2. The largest absolute Gasteiger partial charge is 0.336 e. The number of amides is 1. The molecule has 1 atom stereocenters. The molecule has 1 saturated heterocycles. The average molecular weight is 307 g/mol. The third kappa shape index (κ3) is 2.42. The van der Waals surface area contributed by atoms with Crippen LogP contribution in [0.4, 0.5) is 0 Å². The zero-order valence-electron chi connectivity index (χ0n) is 10.5. The zero-order valence-corrected chi connectivity index (χ0v) is 12.1. The Hall–Kier alpha value is -1.84. The molecule has 3 rings (SSSR count). The van der Waals surface area contributed by atoms with Crippen molar-refractivity contribution in [3.05, 3.63) is 39.3 Å². The van der Waals surface area contributed by atoms with Crippen LogP contribution in [-0.4, -0.2) is 33.7 Å². The molecular weight excluding hydrogens is 296 g/mol. The van der Waals surface area contributed by atoms with Crippen molar-refractivity contribution in [1.82, 2.24) is 14.7 Å². The Morgan fingerprint density at radius 1 is 1.55 bits per heavy atom. The fourth-order valence-electron chi connectivity index (χ4n) is 2.32. The number of carbonyl (C=O) groups excluding carboxylic acids is 1. The van der Waals surface area contributed by atoms with Gasteiger partial charge in [-0.3, -0.25) is 9.48 Å². The Kier molecular flexibility index (Phi) is 3.47. The molecule has 0 aliphatic carbocycles. The fraction of sp³-hybridized carbons (Fsp3) is 0.308. The summed E-state index contributed by atoms with van der Waals surface area (Å²) in [6.07, 6.45) is 4.11. The number of carbonyl (C=O) groups is 1. The predicted octanol–water partition coefficient (Wildman–Crippen LogP) is 2.56. The summed E-state index contributed by atoms with van der Waals surface area (Å²) in [6.45, 7) is 1.31. The molecule has 0 bridgehead atoms. The fourth-order valence-corrected chi connectivity index (χ4v) is 3.33. The van der Waals surface area contributed by atoms with E-state index in [1.807, 2.05) is 0 Å². The quantitative estimate of drug-likeness (QED) is 0.856. The van der Waals surface area contributed by atoms with Crippen LogP contribution in [0.2, 0.25) is 4.34 Å². The molecule has 0 spiro atoms. The predicted molar refractivity (Wildman–Crippen MR) is 75.8 cm³/mol. The van der Waals surface area contributed by atoms with Crippen molar-refractivity contribution in [2.45, 2.75) is 12.5 Å². The molecule has 1 aliphatic rings. The summed E-state index contributed by atoms with van der Waals surface area (Å²) in [5, 5.41) is 13.0. The topological polar surface area (TPSA) is 61.9 Å². The first-order chi connectivity index (χ1) is 9.67. The molecule has 0 radical (unpaired) electrons. The monoisotopic (exact) mass is 306 g/mol. The van der Waals surface area contributed by atoms with Gasteiger partial charge in [-0.25, -0.2) is 0 Å². The molecule has 2 aromatic rings. The van der Waals surface area contributed by atoms with Crippen LogP contribution in [0.15, 0.2) is 24.5 Å². The molecule has 1 unspecified atom stereocenters. The number of hydrogen-bond donors (Lipinski definition) is 0. The standard InChI is InChI=1S/C13H11ClN4OS/c14-12-2-1-11(20-12)13(19)17-4-3-10(8-17)18-7-9(5-15)6-16-18/h1-2,6-7,10H,3-4,8H2. The van der Waals surface area contributed by atoms with Crippen molar-refractivity contribution >= 4 is 28.8 Å². The van der Waals surface area contributed by atoms with Crippen molar-refractivity contribution in [1.29, 1.82) is 5.26 Å². The highest BCUT2D eigenvalue weighted by Crippen LogP contribution is 2.27. The van der Waals surface area contributed by atoms with E-state index in [0.717, 1.165) is 6.42 Å². The van der Waals surface area contributed by atoms with E-state index in [1.54, 1.807) is 34.1 Å². The molecule has 1 aliphatic heterocycles. The van der Waals surface area contributed by atoms with Crippen molar-refractivity contribution in [3.8, 4) is 6.07 Å². The van der Waals surface area contributed by atoms with Gasteiger partial charge in [-0.1, -0.05) is 11.6 Å². The number of nitrogens with zero attached hydrogens (tertiary/aromatic N) is 4. The lowest BCUT2D eigenvalue weighted by molar-refractivity contribution is 0.0792. The van der Waals surface area contributed by atoms with E-state index in [0.29, 0.717) is 27.9 Å². The van der Waals surface area contributed by atoms with Crippen molar-refractivity contribution in [3.63, 3.8) is 0 Å². The Bertz CT molecular complexity index is 687. The van der Waals surface area contributed by atoms with Crippen LogP contribution in [0, 0.1) is 11.3 Å². The third-order valence-corrected chi connectivity index (χ3v) is 4.56. The van der Waals surface area contributed by atoms with E-state index >= 15 is 0 Å². The highest BCUT2D eigenvalue weighted by molar-refractivity contribution is 7.17. The maximum atomic E-state index is 12.3. The van der Waals surface area contributed by atoms with Crippen LogP contribution in [-0.2, 0) is 0 Å². The highest BCUT2D eigenvalue weighted by Gasteiger charge is 2.29. The second kappa shape index (κ2) is 5.27. The molecule has 5 nitrogen and oxygen atoms in total. The molecule has 0 saturated carbocycles. The van der Waals surface area contributed by atoms with Crippen LogP contribution in [0.1, 0.15) is 27.7 Å². The smallest absolute Gasteiger partial charge is 0.264 e. The summed E-state index contributed by atoms with van der Waals surface area (Å²) in [6, 6.07) is 5.68. The van der Waals surface area contributed by atoms with Crippen LogP contribution in [0.5, 0.6) is 0 Å². The number of halogens is 1. The zero-order chi connectivity index (χ0) is 14.1. The molecular formula is C13H11ClN4OS. The number of likely N-dealkylation sites (tertiary alicyclic amines) is 1. The summed E-state index contributed by atoms with van der Waals surface area (Å²) in [5.41, 5.74) is 0.541. The van der Waals surface area contributed by atoms with Gasteiger partial charge in [0.05, 0.1) is 27.0 Å². The minimum Gasteiger partial charge on any atom is -0.336 e. The minimum atomic E-state index is 0.0112. The summed E-state index contributed by atoms with van der Waals surface area (Å²) in [4.78, 5) is 14.8. The van der Waals surface area contributed by atoms with Gasteiger partial charge in [0, 0.05) is 19.3 Å². The molecule has 0 aromatic carbocycles. The van der Waals surface area contributed by atoms with Gasteiger partial charge >= 0.3 is 0 Å². The minimum absolute atomic E-state index is 0.0112. The molecule has 20 heavy (non-hydrogen) atoms. The Morgan fingerprint density at radius 2 is 2.40 bits per heavy atom. The molecule has 2 aromatic heterocycles. The first-order valence-electron chi connectivity index (χ1n) is 6.16. The van der Waals surface area contributed by atoms with Crippen LogP contribution >= 0.6 is 22.9 Å². The first kappa shape index (κ1) is 13.2. The van der Waals surface area contributed by atoms with Crippen LogP contribution in [0.3, 0.4) is 0 Å². The van der Waals surface area contributed by atoms with E-state index < -0.39 is 0 Å². The van der Waals surface area contributed by atoms with Crippen molar-refractivity contribution in [2.24, 2.45) is 0 Å². The lowest BCUT2D eigenvalue weighted by atomic mass is 10.3. The maximum absolute atomic E-state index is 12.3. The van der Waals surface area contributed by atoms with Gasteiger partial charge in [0.1, 0.15) is 6.07 Å². The Morgan fingerprint density at radius 3 is 3.05 bits per heavy atom. The van der Waals surface area contributed by atoms with Crippen LogP contribution in [0.25, 0.3) is 0 Å². The SMILES string of the molecule is N#Cc1cnn(C2CCN(C(=O)c3ccc(Cl)s3)C2)c1. The Labute approximate surface area is 125 Å². The van der Waals surface area contributed by atoms with Gasteiger partial charge in [0.15, 0.2) is 0 Å². The first-order valence-corrected chi connectivity index (χ1v) is 7.35. The average Bonchev–Trinajstić information content (AvgIpc) is 3.17. The summed E-state index contributed by atoms with van der Waals surface area (Å²) >= 11 is 7.15. The second-order valence-electron chi connectivity index (χ2n) is 4.62. The summed E-state index contributed by atoms with van der Waals surface area (Å²) < 4.78 is 2.39. The number of hydrogen-bond acceptors (Lipinski definition) is 4. The van der Waals surface area contributed by atoms with Gasteiger partial charge in [0.25, 0.3) is 5.91 Å². The summed E-state index contributed by atoms with van der Waals surface area (Å²) in [7, 11) is 0. The summed E-state index contributed by atoms with van der Waals surface area (Å²) in [5.74, 6) is 0.0112. The molecule has 7 heteroatoms. The number of thiophene rings is 1. The van der Waals surface area contributed by atoms with E-state index in [1.165, 1.54) is 11.3 Å². The lowest BCUT2D eigenvalue weighted by Crippen LogP contribution is -2.28. The molecule has 0 N–H and O–H groups in total. The second-order valence-corrected chi connectivity index (χ2v) is 6.33. The molecule has 3 heterocycles. The van der Waals surface area contributed by atoms with E-state index in [4.69, 9.17) is 16.9 Å². The van der Waals surface area contributed by atoms with Gasteiger partial charge in [-0.15, -0.1) is 11.3 Å². The van der Waals surface area contributed by atoms with Gasteiger partial charge in [-0.2, -0.15) is 10.4 Å². The molecule has 1 amide bonds. The van der Waals surface area contributed by atoms with Crippen molar-refractivity contribution < 1.29 is 4.79 Å². The van der Waals surface area contributed by atoms with Gasteiger partial charge in [0.2, 0.25) is 0 Å². The number of nitriles is 1. The third-order valence-electron chi connectivity index (χ3n) is 3.34. The maximum Gasteiger partial charge on any atom is 0.264 e.